The zero-order valence-corrected chi connectivity index (χ0v) is 25.4. The molecule has 0 aliphatic heterocycles. The van der Waals surface area contributed by atoms with Gasteiger partial charge in [0.25, 0.3) is 0 Å². The van der Waals surface area contributed by atoms with Gasteiger partial charge in [0.05, 0.1) is 18.8 Å². The van der Waals surface area contributed by atoms with Gasteiger partial charge in [0, 0.05) is 30.8 Å². The van der Waals surface area contributed by atoms with E-state index in [4.69, 9.17) is 4.74 Å². The first-order valence-corrected chi connectivity index (χ1v) is 14.4. The summed E-state index contributed by atoms with van der Waals surface area (Å²) in [5, 5.41) is 33.7. The molecule has 0 atom stereocenters. The van der Waals surface area contributed by atoms with E-state index in [0.717, 1.165) is 5.57 Å². The zero-order chi connectivity index (χ0) is 32.4. The van der Waals surface area contributed by atoms with Gasteiger partial charge < -0.3 is 29.9 Å². The lowest BCUT2D eigenvalue weighted by Crippen LogP contribution is -2.26. The van der Waals surface area contributed by atoms with Gasteiger partial charge in [0.2, 0.25) is 11.3 Å². The number of amides is 1. The third-order valence-corrected chi connectivity index (χ3v) is 7.19. The minimum Gasteiger partial charge on any atom is -0.507 e. The van der Waals surface area contributed by atoms with E-state index >= 15 is 0 Å². The molecule has 0 aliphatic carbocycles. The molecule has 0 saturated heterocycles. The fourth-order valence-corrected chi connectivity index (χ4v) is 4.54. The van der Waals surface area contributed by atoms with Crippen molar-refractivity contribution in [1.29, 1.82) is 0 Å². The van der Waals surface area contributed by atoms with Crippen LogP contribution in [0, 0.1) is 12.7 Å². The summed E-state index contributed by atoms with van der Waals surface area (Å²) < 4.78 is 21.0. The summed E-state index contributed by atoms with van der Waals surface area (Å²) in [7, 11) is 1.71. The SMILES string of the molecule is CC(C)=CCc1c(OCCCCCC(=O)NCc2c(O)c(=O)cc(C)n2C)cc(/C=C/c2ccc(F)cc2)c(C(=O)O)c1O. The van der Waals surface area contributed by atoms with Crippen molar-refractivity contribution < 1.29 is 34.0 Å². The summed E-state index contributed by atoms with van der Waals surface area (Å²) in [6.07, 6.45) is 7.41. The Bertz CT molecular complexity index is 1620. The molecular weight excluding hydrogens is 567 g/mol. The summed E-state index contributed by atoms with van der Waals surface area (Å²) >= 11 is 0. The van der Waals surface area contributed by atoms with Crippen molar-refractivity contribution >= 4 is 24.0 Å². The maximum Gasteiger partial charge on any atom is 0.340 e. The number of aromatic hydroxyl groups is 2. The lowest BCUT2D eigenvalue weighted by molar-refractivity contribution is -0.121. The number of aromatic carboxylic acids is 1. The molecule has 2 aromatic carbocycles. The summed E-state index contributed by atoms with van der Waals surface area (Å²) in [6, 6.07) is 8.63. The Balaban J connectivity index is 1.65. The van der Waals surface area contributed by atoms with Gasteiger partial charge in [-0.15, -0.1) is 0 Å². The number of halogens is 1. The van der Waals surface area contributed by atoms with Crippen molar-refractivity contribution in [2.75, 3.05) is 6.61 Å². The van der Waals surface area contributed by atoms with Crippen LogP contribution in [0.5, 0.6) is 17.2 Å². The highest BCUT2D eigenvalue weighted by Gasteiger charge is 2.22. The van der Waals surface area contributed by atoms with Gasteiger partial charge in [-0.3, -0.25) is 9.59 Å². The number of aryl methyl sites for hydroxylation is 1. The molecule has 0 aliphatic rings. The average molecular weight is 607 g/mol. The number of carboxylic acid groups (broad SMARTS) is 1. The number of aromatic nitrogens is 1. The molecule has 0 bridgehead atoms. The number of nitrogens with one attached hydrogen (secondary N) is 1. The Labute approximate surface area is 255 Å². The monoisotopic (exact) mass is 606 g/mol. The van der Waals surface area contributed by atoms with E-state index in [1.54, 1.807) is 48.9 Å². The first-order chi connectivity index (χ1) is 20.9. The maximum absolute atomic E-state index is 13.3. The minimum absolute atomic E-state index is 0.0312. The number of benzene rings is 2. The molecule has 3 rings (SSSR count). The molecule has 1 heterocycles. The first kappa shape index (κ1) is 33.6. The first-order valence-electron chi connectivity index (χ1n) is 14.4. The van der Waals surface area contributed by atoms with E-state index in [2.05, 4.69) is 5.32 Å². The second-order valence-corrected chi connectivity index (χ2v) is 10.8. The fraction of sp³-hybridized carbons (Fsp3) is 0.324. The second kappa shape index (κ2) is 15.6. The van der Waals surface area contributed by atoms with E-state index < -0.39 is 11.4 Å². The molecule has 0 spiro atoms. The molecule has 0 fully saturated rings. The lowest BCUT2D eigenvalue weighted by Gasteiger charge is -2.16. The Hall–Kier alpha value is -4.86. The molecule has 0 unspecified atom stereocenters. The minimum atomic E-state index is -1.29. The summed E-state index contributed by atoms with van der Waals surface area (Å²) in [6.45, 7) is 5.85. The number of hydrogen-bond acceptors (Lipinski definition) is 6. The Morgan fingerprint density at radius 2 is 1.73 bits per heavy atom. The highest BCUT2D eigenvalue weighted by molar-refractivity contribution is 5.97. The number of carbonyl (C=O) groups is 2. The van der Waals surface area contributed by atoms with Crippen LogP contribution in [-0.2, 0) is 24.8 Å². The number of carbonyl (C=O) groups excluding carboxylic acids is 1. The van der Waals surface area contributed by atoms with Crippen LogP contribution in [0.4, 0.5) is 4.39 Å². The van der Waals surface area contributed by atoms with Gasteiger partial charge in [0.15, 0.2) is 5.75 Å². The number of hydrogen-bond donors (Lipinski definition) is 4. The summed E-state index contributed by atoms with van der Waals surface area (Å²) in [5.74, 6) is -2.29. The van der Waals surface area contributed by atoms with Gasteiger partial charge in [-0.25, -0.2) is 9.18 Å². The van der Waals surface area contributed by atoms with E-state index in [9.17, 15) is 34.1 Å². The molecule has 10 heteroatoms. The topological polar surface area (TPSA) is 138 Å². The highest BCUT2D eigenvalue weighted by atomic mass is 19.1. The van der Waals surface area contributed by atoms with Gasteiger partial charge in [-0.2, -0.15) is 0 Å². The van der Waals surface area contributed by atoms with Crippen LogP contribution >= 0.6 is 0 Å². The molecule has 44 heavy (non-hydrogen) atoms. The fourth-order valence-electron chi connectivity index (χ4n) is 4.54. The third kappa shape index (κ3) is 9.07. The number of phenols is 1. The lowest BCUT2D eigenvalue weighted by atomic mass is 9.97. The molecular formula is C34H39FN2O7. The molecule has 1 amide bonds. The van der Waals surface area contributed by atoms with Gasteiger partial charge in [-0.1, -0.05) is 35.9 Å². The number of carboxylic acids is 1. The number of rotatable bonds is 14. The van der Waals surface area contributed by atoms with Crippen molar-refractivity contribution in [3.8, 4) is 17.2 Å². The van der Waals surface area contributed by atoms with E-state index in [-0.39, 0.29) is 60.3 Å². The maximum atomic E-state index is 13.3. The van der Waals surface area contributed by atoms with Gasteiger partial charge in [-0.05, 0) is 75.8 Å². The number of allylic oxidation sites excluding steroid dienone is 2. The van der Waals surface area contributed by atoms with Crippen molar-refractivity contribution in [2.45, 2.75) is 59.4 Å². The van der Waals surface area contributed by atoms with Crippen molar-refractivity contribution in [2.24, 2.45) is 7.05 Å². The van der Waals surface area contributed by atoms with Crippen LogP contribution in [0.2, 0.25) is 0 Å². The predicted octanol–water partition coefficient (Wildman–Crippen LogP) is 5.88. The van der Waals surface area contributed by atoms with Crippen LogP contribution in [-0.4, -0.2) is 38.4 Å². The van der Waals surface area contributed by atoms with Crippen LogP contribution < -0.4 is 15.5 Å². The predicted molar refractivity (Wildman–Crippen MR) is 167 cm³/mol. The van der Waals surface area contributed by atoms with E-state index in [0.29, 0.717) is 47.5 Å². The Morgan fingerprint density at radius 3 is 2.39 bits per heavy atom. The van der Waals surface area contributed by atoms with Crippen LogP contribution in [0.3, 0.4) is 0 Å². The molecule has 4 N–H and O–H groups in total. The summed E-state index contributed by atoms with van der Waals surface area (Å²) in [5.41, 5.74) is 2.51. The smallest absolute Gasteiger partial charge is 0.340 e. The van der Waals surface area contributed by atoms with E-state index in [1.165, 1.54) is 18.2 Å². The molecule has 0 saturated carbocycles. The highest BCUT2D eigenvalue weighted by Crippen LogP contribution is 2.36. The van der Waals surface area contributed by atoms with Gasteiger partial charge >= 0.3 is 5.97 Å². The normalized spacial score (nSPS) is 11.0. The number of ether oxygens (including phenoxy) is 1. The molecule has 9 nitrogen and oxygen atoms in total. The molecule has 0 radical (unpaired) electrons. The molecule has 1 aromatic heterocycles. The van der Waals surface area contributed by atoms with Gasteiger partial charge in [0.1, 0.15) is 22.9 Å². The molecule has 234 valence electrons. The summed E-state index contributed by atoms with van der Waals surface area (Å²) in [4.78, 5) is 36.3. The second-order valence-electron chi connectivity index (χ2n) is 10.8. The number of nitrogens with zero attached hydrogens (tertiary/aromatic N) is 1. The van der Waals surface area contributed by atoms with Crippen molar-refractivity contribution in [3.05, 3.63) is 97.7 Å². The van der Waals surface area contributed by atoms with Crippen LogP contribution in [0.15, 0.2) is 52.8 Å². The number of pyridine rings is 1. The quantitative estimate of drug-likeness (QED) is 0.102. The van der Waals surface area contributed by atoms with Crippen molar-refractivity contribution in [1.82, 2.24) is 9.88 Å². The Morgan fingerprint density at radius 1 is 1.02 bits per heavy atom. The number of unbranched alkanes of at least 4 members (excludes halogenated alkanes) is 2. The van der Waals surface area contributed by atoms with Crippen LogP contribution in [0.25, 0.3) is 12.2 Å². The largest absolute Gasteiger partial charge is 0.507 e. The van der Waals surface area contributed by atoms with Crippen molar-refractivity contribution in [3.63, 3.8) is 0 Å². The van der Waals surface area contributed by atoms with Crippen LogP contribution in [0.1, 0.15) is 78.0 Å². The zero-order valence-electron chi connectivity index (χ0n) is 25.4. The third-order valence-electron chi connectivity index (χ3n) is 7.19. The van der Waals surface area contributed by atoms with E-state index in [1.807, 2.05) is 19.9 Å². The molecule has 3 aromatic rings. The standard InChI is InChI=1S/C34H39FN2O7/c1-21(2)9-16-26-29(19-24(31(32(26)40)34(42)43)13-10-23-11-14-25(35)15-12-23)44-17-7-5-6-8-30(39)36-20-27-33(41)28(38)18-22(3)37(27)4/h9-15,18-19,40-41H,5-8,16-17,20H2,1-4H3,(H,36,39)(H,42,43)/b13-10+. The Kier molecular flexibility index (Phi) is 11.9. The average Bonchev–Trinajstić information content (AvgIpc) is 2.96.